The zero-order valence-corrected chi connectivity index (χ0v) is 14.5. The van der Waals surface area contributed by atoms with Gasteiger partial charge < -0.3 is 4.74 Å². The Labute approximate surface area is 144 Å². The Morgan fingerprint density at radius 3 is 2.54 bits per heavy atom. The number of aromatic nitrogens is 2. The number of rotatable bonds is 4. The number of aryl methyl sites for hydroxylation is 2. The SMILES string of the molecule is COCC#Cc1nc(C#CCCCc2ccccc2)nc(C)c1C. The monoisotopic (exact) mass is 318 g/mol. The third kappa shape index (κ3) is 5.54. The summed E-state index contributed by atoms with van der Waals surface area (Å²) in [5, 5.41) is 0. The molecular formula is C21H22N2O. The van der Waals surface area contributed by atoms with Crippen molar-refractivity contribution in [3.63, 3.8) is 0 Å². The van der Waals surface area contributed by atoms with Crippen LogP contribution >= 0.6 is 0 Å². The highest BCUT2D eigenvalue weighted by atomic mass is 16.5. The Morgan fingerprint density at radius 1 is 1.00 bits per heavy atom. The van der Waals surface area contributed by atoms with Crippen molar-refractivity contribution >= 4 is 0 Å². The molecule has 3 nitrogen and oxygen atoms in total. The van der Waals surface area contributed by atoms with Gasteiger partial charge in [-0.2, -0.15) is 0 Å². The third-order valence-corrected chi connectivity index (χ3v) is 3.62. The molecule has 0 atom stereocenters. The fourth-order valence-corrected chi connectivity index (χ4v) is 2.17. The molecule has 2 rings (SSSR count). The first-order valence-corrected chi connectivity index (χ1v) is 8.06. The highest BCUT2D eigenvalue weighted by Crippen LogP contribution is 2.08. The fourth-order valence-electron chi connectivity index (χ4n) is 2.17. The van der Waals surface area contributed by atoms with Gasteiger partial charge in [0.1, 0.15) is 12.3 Å². The predicted octanol–water partition coefficient (Wildman–Crippen LogP) is 3.47. The Hall–Kier alpha value is -2.62. The molecule has 0 fully saturated rings. The van der Waals surface area contributed by atoms with Crippen LogP contribution in [0.3, 0.4) is 0 Å². The van der Waals surface area contributed by atoms with Gasteiger partial charge in [0.25, 0.3) is 0 Å². The molecule has 1 aromatic heterocycles. The maximum Gasteiger partial charge on any atom is 0.206 e. The molecule has 122 valence electrons. The van der Waals surface area contributed by atoms with Crippen LogP contribution in [0, 0.1) is 37.5 Å². The number of methoxy groups -OCH3 is 1. The van der Waals surface area contributed by atoms with Crippen LogP contribution in [0.4, 0.5) is 0 Å². The van der Waals surface area contributed by atoms with Gasteiger partial charge in [-0.1, -0.05) is 42.2 Å². The standard InChI is InChI=1S/C21H22N2O/c1-17-18(2)22-21(23-20(17)14-10-16-24-3)15-9-5-8-13-19-11-6-4-7-12-19/h4,6-7,11-12H,5,8,13,16H2,1-3H3. The lowest BCUT2D eigenvalue weighted by atomic mass is 10.1. The van der Waals surface area contributed by atoms with Gasteiger partial charge >= 0.3 is 0 Å². The van der Waals surface area contributed by atoms with Crippen LogP contribution in [0.5, 0.6) is 0 Å². The smallest absolute Gasteiger partial charge is 0.206 e. The number of ether oxygens (including phenoxy) is 1. The summed E-state index contributed by atoms with van der Waals surface area (Å²) in [6.45, 7) is 4.32. The first-order chi connectivity index (χ1) is 11.7. The van der Waals surface area contributed by atoms with Crippen molar-refractivity contribution in [2.24, 2.45) is 0 Å². The number of unbranched alkanes of at least 4 members (excludes halogenated alkanes) is 1. The van der Waals surface area contributed by atoms with E-state index in [2.05, 4.69) is 57.9 Å². The summed E-state index contributed by atoms with van der Waals surface area (Å²) >= 11 is 0. The average molecular weight is 318 g/mol. The van der Waals surface area contributed by atoms with Gasteiger partial charge in [0.05, 0.1) is 0 Å². The summed E-state index contributed by atoms with van der Waals surface area (Å²) in [5.74, 6) is 12.7. The molecule has 0 N–H and O–H groups in total. The molecule has 0 spiro atoms. The largest absolute Gasteiger partial charge is 0.372 e. The topological polar surface area (TPSA) is 35.0 Å². The minimum atomic E-state index is 0.392. The molecule has 0 amide bonds. The lowest BCUT2D eigenvalue weighted by Crippen LogP contribution is -2.00. The van der Waals surface area contributed by atoms with Gasteiger partial charge in [-0.3, -0.25) is 0 Å². The Kier molecular flexibility index (Phi) is 7.02. The van der Waals surface area contributed by atoms with Gasteiger partial charge in [-0.25, -0.2) is 9.97 Å². The summed E-state index contributed by atoms with van der Waals surface area (Å²) in [5.41, 5.74) is 3.99. The van der Waals surface area contributed by atoms with E-state index in [-0.39, 0.29) is 0 Å². The number of benzene rings is 1. The van der Waals surface area contributed by atoms with Gasteiger partial charge in [-0.15, -0.1) is 0 Å². The van der Waals surface area contributed by atoms with Crippen molar-refractivity contribution in [2.75, 3.05) is 13.7 Å². The van der Waals surface area contributed by atoms with Crippen LogP contribution in [-0.2, 0) is 11.2 Å². The zero-order chi connectivity index (χ0) is 17.2. The number of hydrogen-bond acceptors (Lipinski definition) is 3. The molecule has 1 aromatic carbocycles. The van der Waals surface area contributed by atoms with E-state index in [0.29, 0.717) is 12.4 Å². The lowest BCUT2D eigenvalue weighted by molar-refractivity contribution is 0.240. The molecule has 0 radical (unpaired) electrons. The van der Waals surface area contributed by atoms with E-state index in [0.717, 1.165) is 36.2 Å². The summed E-state index contributed by atoms with van der Waals surface area (Å²) in [6.07, 6.45) is 2.90. The summed E-state index contributed by atoms with van der Waals surface area (Å²) < 4.78 is 4.95. The quantitative estimate of drug-likeness (QED) is 0.639. The summed E-state index contributed by atoms with van der Waals surface area (Å²) in [6, 6.07) is 10.5. The second-order valence-corrected chi connectivity index (χ2v) is 5.48. The third-order valence-electron chi connectivity index (χ3n) is 3.62. The molecule has 24 heavy (non-hydrogen) atoms. The Morgan fingerprint density at radius 2 is 1.79 bits per heavy atom. The normalized spacial score (nSPS) is 9.62. The molecule has 0 aliphatic heterocycles. The van der Waals surface area contributed by atoms with E-state index < -0.39 is 0 Å². The molecule has 0 saturated carbocycles. The van der Waals surface area contributed by atoms with Crippen molar-refractivity contribution in [2.45, 2.75) is 33.1 Å². The van der Waals surface area contributed by atoms with E-state index >= 15 is 0 Å². The molecule has 1 heterocycles. The highest BCUT2D eigenvalue weighted by molar-refractivity contribution is 5.39. The summed E-state index contributed by atoms with van der Waals surface area (Å²) in [7, 11) is 1.62. The lowest BCUT2D eigenvalue weighted by Gasteiger charge is -2.02. The van der Waals surface area contributed by atoms with Crippen LogP contribution < -0.4 is 0 Å². The molecule has 0 bridgehead atoms. The van der Waals surface area contributed by atoms with Crippen molar-refractivity contribution in [1.82, 2.24) is 9.97 Å². The van der Waals surface area contributed by atoms with E-state index in [9.17, 15) is 0 Å². The Bertz CT molecular complexity index is 790. The predicted molar refractivity (Wildman–Crippen MR) is 96.5 cm³/mol. The number of nitrogens with zero attached hydrogens (tertiary/aromatic N) is 2. The maximum atomic E-state index is 4.95. The van der Waals surface area contributed by atoms with Gasteiger partial charge in [-0.05, 0) is 44.1 Å². The first kappa shape index (κ1) is 17.7. The molecule has 3 heteroatoms. The second kappa shape index (κ2) is 9.50. The summed E-state index contributed by atoms with van der Waals surface area (Å²) in [4.78, 5) is 8.88. The maximum absolute atomic E-state index is 4.95. The fraction of sp³-hybridized carbons (Fsp3) is 0.333. The van der Waals surface area contributed by atoms with E-state index in [1.54, 1.807) is 7.11 Å². The molecule has 0 aliphatic carbocycles. The molecule has 0 aliphatic rings. The van der Waals surface area contributed by atoms with Crippen molar-refractivity contribution in [1.29, 1.82) is 0 Å². The van der Waals surface area contributed by atoms with Gasteiger partial charge in [0.15, 0.2) is 0 Å². The van der Waals surface area contributed by atoms with Crippen LogP contribution in [0.2, 0.25) is 0 Å². The Balaban J connectivity index is 1.99. The highest BCUT2D eigenvalue weighted by Gasteiger charge is 2.04. The van der Waals surface area contributed by atoms with Crippen LogP contribution in [-0.4, -0.2) is 23.7 Å². The molecule has 0 unspecified atom stereocenters. The first-order valence-electron chi connectivity index (χ1n) is 8.06. The van der Waals surface area contributed by atoms with Gasteiger partial charge in [0.2, 0.25) is 5.82 Å². The van der Waals surface area contributed by atoms with E-state index in [4.69, 9.17) is 4.74 Å². The van der Waals surface area contributed by atoms with Gasteiger partial charge in [0, 0.05) is 24.8 Å². The molecule has 2 aromatic rings. The van der Waals surface area contributed by atoms with Crippen LogP contribution in [0.15, 0.2) is 30.3 Å². The molecular weight excluding hydrogens is 296 g/mol. The van der Waals surface area contributed by atoms with Crippen LogP contribution in [0.1, 0.15) is 41.2 Å². The van der Waals surface area contributed by atoms with Crippen molar-refractivity contribution in [3.05, 3.63) is 58.7 Å². The van der Waals surface area contributed by atoms with E-state index in [1.165, 1.54) is 5.56 Å². The zero-order valence-electron chi connectivity index (χ0n) is 14.5. The second-order valence-electron chi connectivity index (χ2n) is 5.48. The van der Waals surface area contributed by atoms with Crippen molar-refractivity contribution < 1.29 is 4.74 Å². The minimum Gasteiger partial charge on any atom is -0.372 e. The minimum absolute atomic E-state index is 0.392. The van der Waals surface area contributed by atoms with Crippen LogP contribution in [0.25, 0.3) is 0 Å². The van der Waals surface area contributed by atoms with E-state index in [1.807, 2.05) is 19.9 Å². The molecule has 0 saturated heterocycles. The number of hydrogen-bond donors (Lipinski definition) is 0. The van der Waals surface area contributed by atoms with Crippen molar-refractivity contribution in [3.8, 4) is 23.7 Å². The average Bonchev–Trinajstić information content (AvgIpc) is 2.59.